The van der Waals surface area contributed by atoms with Gasteiger partial charge < -0.3 is 30.9 Å². The molecular weight excluding hydrogens is 482 g/mol. The number of halogens is 1. The fourth-order valence-corrected chi connectivity index (χ4v) is 3.79. The van der Waals surface area contributed by atoms with Crippen molar-refractivity contribution < 1.29 is 24.2 Å². The number of carbonyl (C=O) groups is 2. The molecule has 0 radical (unpaired) electrons. The van der Waals surface area contributed by atoms with Gasteiger partial charge in [-0.3, -0.25) is 9.59 Å². The molecule has 0 aliphatic heterocycles. The van der Waals surface area contributed by atoms with Crippen LogP contribution >= 0.6 is 12.4 Å². The summed E-state index contributed by atoms with van der Waals surface area (Å²) >= 11 is 0. The maximum absolute atomic E-state index is 12.9. The second-order valence-corrected chi connectivity index (χ2v) is 9.65. The Bertz CT molecular complexity index is 750. The van der Waals surface area contributed by atoms with Crippen LogP contribution in [-0.4, -0.2) is 62.5 Å². The molecule has 8 nitrogen and oxygen atoms in total. The Balaban J connectivity index is 0.0000122. The summed E-state index contributed by atoms with van der Waals surface area (Å²) in [5, 5.41) is 16.5. The van der Waals surface area contributed by atoms with Crippen molar-refractivity contribution in [3.63, 3.8) is 0 Å². The lowest BCUT2D eigenvalue weighted by atomic mass is 9.86. The zero-order valence-electron chi connectivity index (χ0n) is 22.6. The van der Waals surface area contributed by atoms with Gasteiger partial charge in [0.05, 0.1) is 18.3 Å². The van der Waals surface area contributed by atoms with Gasteiger partial charge in [-0.1, -0.05) is 46.2 Å². The first-order chi connectivity index (χ1) is 16.7. The van der Waals surface area contributed by atoms with Gasteiger partial charge in [-0.05, 0) is 43.2 Å². The van der Waals surface area contributed by atoms with Gasteiger partial charge in [0.1, 0.15) is 5.75 Å². The van der Waals surface area contributed by atoms with Crippen molar-refractivity contribution in [2.45, 2.75) is 71.9 Å². The van der Waals surface area contributed by atoms with E-state index in [2.05, 4.69) is 31.4 Å². The van der Waals surface area contributed by atoms with Crippen LogP contribution in [0.2, 0.25) is 0 Å². The summed E-state index contributed by atoms with van der Waals surface area (Å²) in [6.45, 7) is 10.2. The molecule has 0 aliphatic carbocycles. The number of nitrogens with one attached hydrogen (secondary N) is 2. The molecule has 1 aromatic rings. The summed E-state index contributed by atoms with van der Waals surface area (Å²) < 4.78 is 10.8. The van der Waals surface area contributed by atoms with Crippen LogP contribution in [0.4, 0.5) is 0 Å². The predicted octanol–water partition coefficient (Wildman–Crippen LogP) is 3.55. The van der Waals surface area contributed by atoms with E-state index in [0.29, 0.717) is 50.5 Å². The van der Waals surface area contributed by atoms with Gasteiger partial charge in [-0.15, -0.1) is 12.4 Å². The lowest BCUT2D eigenvalue weighted by Gasteiger charge is -2.28. The second kappa shape index (κ2) is 19.3. The molecule has 1 aromatic carbocycles. The van der Waals surface area contributed by atoms with Gasteiger partial charge >= 0.3 is 0 Å². The van der Waals surface area contributed by atoms with E-state index < -0.39 is 12.1 Å². The molecule has 0 unspecified atom stereocenters. The number of amides is 2. The molecule has 0 heterocycles. The highest BCUT2D eigenvalue weighted by molar-refractivity contribution is 5.96. The minimum Gasteiger partial charge on any atom is -0.493 e. The molecular formula is C27H48ClN3O5. The van der Waals surface area contributed by atoms with Crippen LogP contribution in [0.15, 0.2) is 24.3 Å². The third-order valence-corrected chi connectivity index (χ3v) is 6.29. The highest BCUT2D eigenvalue weighted by Gasteiger charge is 2.26. The Morgan fingerprint density at radius 3 is 2.39 bits per heavy atom. The highest BCUT2D eigenvalue weighted by atomic mass is 35.5. The van der Waals surface area contributed by atoms with E-state index in [-0.39, 0.29) is 42.0 Å². The van der Waals surface area contributed by atoms with Gasteiger partial charge in [0, 0.05) is 45.2 Å². The average molecular weight is 530 g/mol. The Kier molecular flexibility index (Phi) is 18.3. The molecule has 9 heteroatoms. The normalized spacial score (nSPS) is 14.3. The van der Waals surface area contributed by atoms with E-state index in [9.17, 15) is 14.7 Å². The number of hydrogen-bond donors (Lipinski definition) is 4. The molecule has 1 rings (SSSR count). The van der Waals surface area contributed by atoms with Crippen LogP contribution in [0, 0.1) is 17.8 Å². The van der Waals surface area contributed by atoms with Crippen LogP contribution in [-0.2, 0) is 9.53 Å². The molecule has 0 fully saturated rings. The third kappa shape index (κ3) is 12.9. The molecule has 208 valence electrons. The maximum atomic E-state index is 12.9. The molecule has 0 bridgehead atoms. The number of ether oxygens (including phenoxy) is 2. The lowest BCUT2D eigenvalue weighted by molar-refractivity contribution is -0.125. The number of nitrogens with two attached hydrogens (primary N) is 1. The fourth-order valence-electron chi connectivity index (χ4n) is 3.79. The summed E-state index contributed by atoms with van der Waals surface area (Å²) in [4.78, 5) is 25.1. The van der Waals surface area contributed by atoms with E-state index in [1.165, 1.54) is 0 Å². The molecule has 0 aromatic heterocycles. The third-order valence-electron chi connectivity index (χ3n) is 6.29. The number of hydrogen-bond acceptors (Lipinski definition) is 6. The van der Waals surface area contributed by atoms with Gasteiger partial charge in [0.2, 0.25) is 5.91 Å². The number of aliphatic hydroxyl groups excluding tert-OH is 1. The van der Waals surface area contributed by atoms with E-state index in [1.54, 1.807) is 19.2 Å². The number of aliphatic hydroxyl groups is 1. The summed E-state index contributed by atoms with van der Waals surface area (Å²) in [6, 6.07) is 6.69. The van der Waals surface area contributed by atoms with Gasteiger partial charge in [0.15, 0.2) is 0 Å². The molecule has 2 amide bonds. The minimum absolute atomic E-state index is 0. The predicted molar refractivity (Wildman–Crippen MR) is 147 cm³/mol. The van der Waals surface area contributed by atoms with E-state index in [0.717, 1.165) is 19.3 Å². The maximum Gasteiger partial charge on any atom is 0.255 e. The first-order valence-corrected chi connectivity index (χ1v) is 12.9. The van der Waals surface area contributed by atoms with Gasteiger partial charge in [-0.2, -0.15) is 0 Å². The monoisotopic (exact) mass is 529 g/mol. The van der Waals surface area contributed by atoms with Crippen molar-refractivity contribution in [3.05, 3.63) is 29.8 Å². The molecule has 0 saturated heterocycles. The zero-order valence-corrected chi connectivity index (χ0v) is 23.4. The molecule has 0 spiro atoms. The Hall–Kier alpha value is -1.87. The number of benzene rings is 1. The largest absolute Gasteiger partial charge is 0.493 e. The first-order valence-electron chi connectivity index (χ1n) is 12.9. The highest BCUT2D eigenvalue weighted by Crippen LogP contribution is 2.21. The van der Waals surface area contributed by atoms with Crippen molar-refractivity contribution in [3.8, 4) is 5.75 Å². The van der Waals surface area contributed by atoms with Crippen LogP contribution < -0.4 is 21.1 Å². The van der Waals surface area contributed by atoms with E-state index in [4.69, 9.17) is 15.2 Å². The van der Waals surface area contributed by atoms with Crippen molar-refractivity contribution in [2.24, 2.45) is 23.5 Å². The van der Waals surface area contributed by atoms with Gasteiger partial charge in [-0.25, -0.2) is 0 Å². The fraction of sp³-hybridized carbons (Fsp3) is 0.704. The zero-order chi connectivity index (χ0) is 26.2. The lowest BCUT2D eigenvalue weighted by Crippen LogP contribution is -2.42. The number of rotatable bonds is 18. The minimum atomic E-state index is -0.792. The van der Waals surface area contributed by atoms with Crippen molar-refractivity contribution in [1.82, 2.24) is 10.6 Å². The van der Waals surface area contributed by atoms with Crippen LogP contribution in [0.1, 0.15) is 70.2 Å². The summed E-state index contributed by atoms with van der Waals surface area (Å²) in [6.07, 6.45) is 2.75. The van der Waals surface area contributed by atoms with Crippen LogP contribution in [0.5, 0.6) is 5.75 Å². The summed E-state index contributed by atoms with van der Waals surface area (Å²) in [5.74, 6) is 0.298. The van der Waals surface area contributed by atoms with Crippen LogP contribution in [0.25, 0.3) is 0 Å². The molecule has 36 heavy (non-hydrogen) atoms. The van der Waals surface area contributed by atoms with Crippen molar-refractivity contribution >= 4 is 24.2 Å². The Morgan fingerprint density at radius 1 is 1.06 bits per heavy atom. The quantitative estimate of drug-likeness (QED) is 0.216. The number of carbonyl (C=O) groups excluding carboxylic acids is 2. The number of methoxy groups -OCH3 is 1. The topological polar surface area (TPSA) is 123 Å². The molecule has 0 aliphatic rings. The Morgan fingerprint density at radius 2 is 1.75 bits per heavy atom. The SMILES string of the molecule is CCCCNC(=O)[C@H](C)C[C@H](O)[C@@H](N)C[C@@H](CNC(=O)c1ccccc1OCCCOC)C(C)C.Cl. The van der Waals surface area contributed by atoms with Crippen LogP contribution in [0.3, 0.4) is 0 Å². The number of unbranched alkanes of at least 4 members (excludes halogenated alkanes) is 1. The second-order valence-electron chi connectivity index (χ2n) is 9.65. The average Bonchev–Trinajstić information content (AvgIpc) is 2.84. The smallest absolute Gasteiger partial charge is 0.255 e. The van der Waals surface area contributed by atoms with Gasteiger partial charge in [0.25, 0.3) is 5.91 Å². The molecule has 5 N–H and O–H groups in total. The van der Waals surface area contributed by atoms with Crippen molar-refractivity contribution in [1.29, 1.82) is 0 Å². The Labute approximate surface area is 223 Å². The first kappa shape index (κ1) is 34.1. The summed E-state index contributed by atoms with van der Waals surface area (Å²) in [5.41, 5.74) is 6.81. The summed E-state index contributed by atoms with van der Waals surface area (Å²) in [7, 11) is 1.64. The molecule has 0 saturated carbocycles. The van der Waals surface area contributed by atoms with Crippen molar-refractivity contribution in [2.75, 3.05) is 33.4 Å². The van der Waals surface area contributed by atoms with E-state index >= 15 is 0 Å². The molecule has 4 atom stereocenters. The standard InChI is InChI=1S/C27H47N3O5.ClH/c1-6-7-13-29-26(32)20(4)16-24(31)23(28)17-21(19(2)3)18-30-27(33)22-11-8-9-12-25(22)35-15-10-14-34-5;/h8-9,11-12,19-21,23-24,31H,6-7,10,13-18,28H2,1-5H3,(H,29,32)(H,30,33);1H/t20-,21+,23+,24+;/m1./s1. The van der Waals surface area contributed by atoms with E-state index in [1.807, 2.05) is 19.1 Å². The number of para-hydroxylation sites is 1.